The van der Waals surface area contributed by atoms with E-state index in [9.17, 15) is 4.79 Å². The first-order valence-electron chi connectivity index (χ1n) is 8.97. The Morgan fingerprint density at radius 3 is 2.46 bits per heavy atom. The molecule has 1 fully saturated rings. The van der Waals surface area contributed by atoms with Crippen molar-refractivity contribution in [1.82, 2.24) is 0 Å². The van der Waals surface area contributed by atoms with Crippen LogP contribution in [-0.4, -0.2) is 23.8 Å². The fraction of sp³-hybridized carbons (Fsp3) is 0.650. The van der Waals surface area contributed by atoms with E-state index in [1.165, 1.54) is 0 Å². The molecular formula is C20H27ClO3. The van der Waals surface area contributed by atoms with Crippen molar-refractivity contribution in [2.24, 2.45) is 5.41 Å². The van der Waals surface area contributed by atoms with Gasteiger partial charge in [0, 0.05) is 22.4 Å². The van der Waals surface area contributed by atoms with Crippen LogP contribution in [0.4, 0.5) is 0 Å². The number of ketones is 1. The van der Waals surface area contributed by atoms with Gasteiger partial charge in [-0.15, -0.1) is 0 Å². The first-order chi connectivity index (χ1) is 11.3. The van der Waals surface area contributed by atoms with Gasteiger partial charge in [-0.05, 0) is 63.8 Å². The Morgan fingerprint density at radius 2 is 1.83 bits per heavy atom. The molecule has 0 spiro atoms. The van der Waals surface area contributed by atoms with Gasteiger partial charge in [0.2, 0.25) is 0 Å². The molecule has 1 aromatic rings. The Labute approximate surface area is 149 Å². The second-order valence-electron chi connectivity index (χ2n) is 7.62. The molecule has 1 unspecified atom stereocenters. The molecule has 1 aliphatic heterocycles. The number of halogens is 1. The Morgan fingerprint density at radius 1 is 1.17 bits per heavy atom. The molecule has 3 rings (SSSR count). The third kappa shape index (κ3) is 3.14. The number of ether oxygens (including phenoxy) is 2. The highest BCUT2D eigenvalue weighted by Gasteiger charge is 2.47. The second-order valence-corrected chi connectivity index (χ2v) is 8.05. The van der Waals surface area contributed by atoms with Gasteiger partial charge < -0.3 is 9.47 Å². The molecule has 4 heteroatoms. The molecule has 132 valence electrons. The van der Waals surface area contributed by atoms with Gasteiger partial charge in [0.1, 0.15) is 0 Å². The molecule has 1 saturated heterocycles. The zero-order valence-electron chi connectivity index (χ0n) is 15.0. The molecule has 0 bridgehead atoms. The van der Waals surface area contributed by atoms with Gasteiger partial charge in [-0.1, -0.05) is 24.9 Å². The Hall–Kier alpha value is -0.900. The van der Waals surface area contributed by atoms with Crippen molar-refractivity contribution in [2.45, 2.75) is 77.8 Å². The lowest BCUT2D eigenvalue weighted by molar-refractivity contribution is -0.167. The van der Waals surface area contributed by atoms with E-state index < -0.39 is 5.79 Å². The minimum absolute atomic E-state index is 0.0902. The maximum Gasteiger partial charge on any atom is 0.169 e. The van der Waals surface area contributed by atoms with Crippen LogP contribution in [0.15, 0.2) is 18.2 Å². The standard InChI is InChI=1S/C20H27ClO3/c1-5-8-20(10-9-19(4)23-13(2)14(3)24-19)12-15-11-16(21)6-7-17(15)18(20)22/h6-7,11,13-14H,5,8-10,12H2,1-4H3/t13-,14-,20?/m1/s1. The number of carbonyl (C=O) groups is 1. The Kier molecular flexibility index (Phi) is 4.80. The molecular weight excluding hydrogens is 324 g/mol. The molecule has 0 radical (unpaired) electrons. The molecule has 0 aromatic heterocycles. The summed E-state index contributed by atoms with van der Waals surface area (Å²) in [6.07, 6.45) is 4.34. The lowest BCUT2D eigenvalue weighted by Crippen LogP contribution is -2.34. The first-order valence-corrected chi connectivity index (χ1v) is 9.35. The largest absolute Gasteiger partial charge is 0.345 e. The van der Waals surface area contributed by atoms with Gasteiger partial charge in [0.15, 0.2) is 11.6 Å². The molecule has 0 N–H and O–H groups in total. The summed E-state index contributed by atoms with van der Waals surface area (Å²) in [7, 11) is 0. The summed E-state index contributed by atoms with van der Waals surface area (Å²) >= 11 is 6.12. The summed E-state index contributed by atoms with van der Waals surface area (Å²) < 4.78 is 12.0. The Bertz CT molecular complexity index is 632. The number of rotatable bonds is 5. The highest BCUT2D eigenvalue weighted by Crippen LogP contribution is 2.46. The molecule has 1 aromatic carbocycles. The fourth-order valence-electron chi connectivity index (χ4n) is 4.26. The minimum Gasteiger partial charge on any atom is -0.345 e. The third-order valence-corrected chi connectivity index (χ3v) is 5.88. The number of fused-ring (bicyclic) bond motifs is 1. The maximum absolute atomic E-state index is 13.1. The average molecular weight is 351 g/mol. The summed E-state index contributed by atoms with van der Waals surface area (Å²) in [5.41, 5.74) is 1.58. The van der Waals surface area contributed by atoms with E-state index in [4.69, 9.17) is 21.1 Å². The van der Waals surface area contributed by atoms with E-state index >= 15 is 0 Å². The number of hydrogen-bond donors (Lipinski definition) is 0. The smallest absolute Gasteiger partial charge is 0.169 e. The van der Waals surface area contributed by atoms with E-state index in [0.29, 0.717) is 5.02 Å². The predicted molar refractivity (Wildman–Crippen MR) is 95.6 cm³/mol. The molecule has 3 atom stereocenters. The van der Waals surface area contributed by atoms with Gasteiger partial charge in [-0.2, -0.15) is 0 Å². The van der Waals surface area contributed by atoms with Crippen LogP contribution in [0.5, 0.6) is 0 Å². The van der Waals surface area contributed by atoms with Crippen molar-refractivity contribution in [3.05, 3.63) is 34.3 Å². The molecule has 0 saturated carbocycles. The predicted octanol–water partition coefficient (Wildman–Crippen LogP) is 5.19. The van der Waals surface area contributed by atoms with Crippen molar-refractivity contribution in [1.29, 1.82) is 0 Å². The zero-order valence-corrected chi connectivity index (χ0v) is 15.8. The van der Waals surface area contributed by atoms with Crippen LogP contribution in [0.1, 0.15) is 69.3 Å². The zero-order chi connectivity index (χ0) is 17.5. The van der Waals surface area contributed by atoms with E-state index in [2.05, 4.69) is 6.92 Å². The van der Waals surface area contributed by atoms with Crippen molar-refractivity contribution >= 4 is 17.4 Å². The van der Waals surface area contributed by atoms with Gasteiger partial charge in [0.05, 0.1) is 12.2 Å². The second kappa shape index (κ2) is 6.44. The molecule has 1 aliphatic carbocycles. The normalized spacial score (nSPS) is 31.5. The monoisotopic (exact) mass is 350 g/mol. The van der Waals surface area contributed by atoms with E-state index in [1.54, 1.807) is 0 Å². The fourth-order valence-corrected chi connectivity index (χ4v) is 4.45. The topological polar surface area (TPSA) is 35.5 Å². The van der Waals surface area contributed by atoms with Crippen LogP contribution in [0.3, 0.4) is 0 Å². The summed E-state index contributed by atoms with van der Waals surface area (Å²) in [5, 5.41) is 0.700. The van der Waals surface area contributed by atoms with Crippen molar-refractivity contribution in [2.75, 3.05) is 0 Å². The molecule has 3 nitrogen and oxygen atoms in total. The van der Waals surface area contributed by atoms with Crippen molar-refractivity contribution in [3.8, 4) is 0 Å². The minimum atomic E-state index is -0.591. The summed E-state index contributed by atoms with van der Waals surface area (Å²) in [6.45, 7) is 8.21. The quantitative estimate of drug-likeness (QED) is 0.733. The molecule has 1 heterocycles. The summed E-state index contributed by atoms with van der Waals surface area (Å²) in [6, 6.07) is 5.64. The SMILES string of the molecule is CCCC1(CCC2(C)O[C@H](C)[C@@H](C)O2)Cc2cc(Cl)ccc2C1=O. The number of hydrogen-bond acceptors (Lipinski definition) is 3. The van der Waals surface area contributed by atoms with Crippen LogP contribution in [0.2, 0.25) is 5.02 Å². The third-order valence-electron chi connectivity index (χ3n) is 5.64. The van der Waals surface area contributed by atoms with Gasteiger partial charge in [0.25, 0.3) is 0 Å². The van der Waals surface area contributed by atoms with Crippen LogP contribution < -0.4 is 0 Å². The lowest BCUT2D eigenvalue weighted by Gasteiger charge is -2.31. The van der Waals surface area contributed by atoms with Crippen molar-refractivity contribution < 1.29 is 14.3 Å². The Balaban J connectivity index is 1.80. The van der Waals surface area contributed by atoms with Crippen LogP contribution in [-0.2, 0) is 15.9 Å². The molecule has 0 amide bonds. The highest BCUT2D eigenvalue weighted by molar-refractivity contribution is 6.30. The summed E-state index contributed by atoms with van der Waals surface area (Å²) in [5.74, 6) is -0.328. The van der Waals surface area contributed by atoms with E-state index in [-0.39, 0.29) is 23.4 Å². The molecule has 24 heavy (non-hydrogen) atoms. The van der Waals surface area contributed by atoms with Crippen LogP contribution in [0, 0.1) is 5.41 Å². The van der Waals surface area contributed by atoms with E-state index in [1.807, 2.05) is 39.0 Å². The van der Waals surface area contributed by atoms with Gasteiger partial charge in [-0.25, -0.2) is 0 Å². The maximum atomic E-state index is 13.1. The van der Waals surface area contributed by atoms with Crippen LogP contribution in [0.25, 0.3) is 0 Å². The first kappa shape index (κ1) is 17.9. The highest BCUT2D eigenvalue weighted by atomic mass is 35.5. The summed E-state index contributed by atoms with van der Waals surface area (Å²) in [4.78, 5) is 13.1. The number of Topliss-reactive ketones (excluding diaryl/α,β-unsaturated/α-hetero) is 1. The molecule has 2 aliphatic rings. The number of carbonyl (C=O) groups excluding carboxylic acids is 1. The van der Waals surface area contributed by atoms with E-state index in [0.717, 1.165) is 43.2 Å². The van der Waals surface area contributed by atoms with Crippen molar-refractivity contribution in [3.63, 3.8) is 0 Å². The van der Waals surface area contributed by atoms with Crippen LogP contribution >= 0.6 is 11.6 Å². The van der Waals surface area contributed by atoms with Gasteiger partial charge in [-0.3, -0.25) is 4.79 Å². The lowest BCUT2D eigenvalue weighted by atomic mass is 9.75. The average Bonchev–Trinajstić information content (AvgIpc) is 2.92. The van der Waals surface area contributed by atoms with Gasteiger partial charge >= 0.3 is 0 Å². The number of benzene rings is 1.